The van der Waals surface area contributed by atoms with Gasteiger partial charge in [-0.15, -0.1) is 24.0 Å². The summed E-state index contributed by atoms with van der Waals surface area (Å²) < 4.78 is 16.4. The molecule has 0 bridgehead atoms. The molecule has 1 heterocycles. The third-order valence-corrected chi connectivity index (χ3v) is 5.86. The first kappa shape index (κ1) is 29.3. The van der Waals surface area contributed by atoms with Gasteiger partial charge in [0.15, 0.2) is 17.5 Å². The van der Waals surface area contributed by atoms with Crippen LogP contribution >= 0.6 is 24.0 Å². The number of ether oxygens (including phenoxy) is 3. The average Bonchev–Trinajstić information content (AvgIpc) is 2.84. The molecule has 1 aromatic carbocycles. The van der Waals surface area contributed by atoms with E-state index >= 15 is 0 Å². The standard InChI is InChI=1S/C24H40N4O4.HI/c1-6-25-24(28-13-11-20(12-14-28)23(29)31-5)26-18-19-9-10-21(22(17-19)30-4)32-16-15-27(7-2)8-3;/h9-10,17,20H,6-8,11-16,18H2,1-5H3,(H,25,26);1H. The normalized spacial score (nSPS) is 14.6. The molecule has 9 heteroatoms. The van der Waals surface area contributed by atoms with Crippen LogP contribution < -0.4 is 14.8 Å². The van der Waals surface area contributed by atoms with Gasteiger partial charge >= 0.3 is 5.97 Å². The molecule has 1 saturated heterocycles. The molecular formula is C24H41IN4O4. The molecule has 0 aromatic heterocycles. The number of piperidine rings is 1. The SMILES string of the molecule is CCNC(=NCc1ccc(OCCN(CC)CC)c(OC)c1)N1CCC(C(=O)OC)CC1.I. The van der Waals surface area contributed by atoms with E-state index in [0.29, 0.717) is 13.2 Å². The maximum absolute atomic E-state index is 11.8. The smallest absolute Gasteiger partial charge is 0.308 e. The van der Waals surface area contributed by atoms with E-state index in [4.69, 9.17) is 19.2 Å². The summed E-state index contributed by atoms with van der Waals surface area (Å²) in [6.45, 7) is 12.8. The highest BCUT2D eigenvalue weighted by Gasteiger charge is 2.26. The Morgan fingerprint density at radius 2 is 1.85 bits per heavy atom. The quantitative estimate of drug-likeness (QED) is 0.187. The van der Waals surface area contributed by atoms with Crippen LogP contribution in [0, 0.1) is 5.92 Å². The number of carbonyl (C=O) groups is 1. The molecule has 1 fully saturated rings. The van der Waals surface area contributed by atoms with Crippen molar-refractivity contribution in [2.24, 2.45) is 10.9 Å². The minimum atomic E-state index is -0.113. The van der Waals surface area contributed by atoms with Gasteiger partial charge in [0.25, 0.3) is 0 Å². The second-order valence-corrected chi connectivity index (χ2v) is 7.82. The van der Waals surface area contributed by atoms with Crippen LogP contribution in [-0.4, -0.2) is 81.8 Å². The molecule has 0 unspecified atom stereocenters. The Bertz CT molecular complexity index is 735. The number of rotatable bonds is 11. The molecule has 1 N–H and O–H groups in total. The van der Waals surface area contributed by atoms with Gasteiger partial charge in [-0.25, -0.2) is 4.99 Å². The van der Waals surface area contributed by atoms with Crippen LogP contribution in [0.1, 0.15) is 39.2 Å². The lowest BCUT2D eigenvalue weighted by Crippen LogP contribution is -2.46. The highest BCUT2D eigenvalue weighted by Crippen LogP contribution is 2.28. The monoisotopic (exact) mass is 576 g/mol. The van der Waals surface area contributed by atoms with E-state index in [1.807, 2.05) is 18.2 Å². The van der Waals surface area contributed by atoms with Gasteiger partial charge in [-0.3, -0.25) is 4.79 Å². The van der Waals surface area contributed by atoms with E-state index in [0.717, 1.165) is 75.1 Å². The van der Waals surface area contributed by atoms with Crippen LogP contribution in [0.4, 0.5) is 0 Å². The number of methoxy groups -OCH3 is 2. The van der Waals surface area contributed by atoms with Crippen LogP contribution in [0.5, 0.6) is 11.5 Å². The highest BCUT2D eigenvalue weighted by atomic mass is 127. The fourth-order valence-corrected chi connectivity index (χ4v) is 3.84. The minimum absolute atomic E-state index is 0. The summed E-state index contributed by atoms with van der Waals surface area (Å²) in [5.41, 5.74) is 1.05. The Hall–Kier alpha value is -1.75. The Balaban J connectivity index is 0.00000544. The highest BCUT2D eigenvalue weighted by molar-refractivity contribution is 14.0. The Morgan fingerprint density at radius 1 is 1.15 bits per heavy atom. The van der Waals surface area contributed by atoms with Crippen LogP contribution in [-0.2, 0) is 16.1 Å². The maximum atomic E-state index is 11.8. The molecule has 0 aliphatic carbocycles. The van der Waals surface area contributed by atoms with Crippen molar-refractivity contribution in [2.45, 2.75) is 40.2 Å². The van der Waals surface area contributed by atoms with Crippen molar-refractivity contribution in [1.29, 1.82) is 0 Å². The van der Waals surface area contributed by atoms with Crippen molar-refractivity contribution in [3.8, 4) is 11.5 Å². The van der Waals surface area contributed by atoms with E-state index in [2.05, 4.69) is 35.9 Å². The van der Waals surface area contributed by atoms with Crippen LogP contribution in [0.25, 0.3) is 0 Å². The van der Waals surface area contributed by atoms with E-state index in [9.17, 15) is 4.79 Å². The number of guanidine groups is 1. The average molecular weight is 577 g/mol. The van der Waals surface area contributed by atoms with Crippen LogP contribution in [0.2, 0.25) is 0 Å². The lowest BCUT2D eigenvalue weighted by molar-refractivity contribution is -0.146. The van der Waals surface area contributed by atoms with E-state index in [1.54, 1.807) is 7.11 Å². The number of esters is 1. The third-order valence-electron chi connectivity index (χ3n) is 5.86. The number of likely N-dealkylation sites (tertiary alicyclic amines) is 1. The van der Waals surface area contributed by atoms with Gasteiger partial charge in [0.2, 0.25) is 0 Å². The molecule has 0 atom stereocenters. The topological polar surface area (TPSA) is 75.6 Å². The van der Waals surface area contributed by atoms with Gasteiger partial charge in [0, 0.05) is 26.2 Å². The van der Waals surface area contributed by atoms with Crippen molar-refractivity contribution in [1.82, 2.24) is 15.1 Å². The summed E-state index contributed by atoms with van der Waals surface area (Å²) in [4.78, 5) is 21.1. The molecule has 8 nitrogen and oxygen atoms in total. The first-order valence-electron chi connectivity index (χ1n) is 11.7. The molecule has 1 aliphatic rings. The molecule has 0 spiro atoms. The van der Waals surface area contributed by atoms with Crippen molar-refractivity contribution >= 4 is 35.9 Å². The summed E-state index contributed by atoms with van der Waals surface area (Å²) in [5.74, 6) is 2.22. The first-order chi connectivity index (χ1) is 15.6. The largest absolute Gasteiger partial charge is 0.493 e. The van der Waals surface area contributed by atoms with Crippen molar-refractivity contribution in [2.75, 3.05) is 60.1 Å². The molecule has 2 rings (SSSR count). The lowest BCUT2D eigenvalue weighted by Gasteiger charge is -2.33. The van der Waals surface area contributed by atoms with E-state index in [-0.39, 0.29) is 35.9 Å². The van der Waals surface area contributed by atoms with Crippen LogP contribution in [0.3, 0.4) is 0 Å². The number of hydrogen-bond donors (Lipinski definition) is 1. The van der Waals surface area contributed by atoms with Crippen molar-refractivity contribution < 1.29 is 19.0 Å². The molecular weight excluding hydrogens is 535 g/mol. The summed E-state index contributed by atoms with van der Waals surface area (Å²) in [6.07, 6.45) is 1.56. The predicted octanol–water partition coefficient (Wildman–Crippen LogP) is 3.38. The van der Waals surface area contributed by atoms with Gasteiger partial charge in [-0.1, -0.05) is 19.9 Å². The summed E-state index contributed by atoms with van der Waals surface area (Å²) >= 11 is 0. The van der Waals surface area contributed by atoms with E-state index in [1.165, 1.54) is 7.11 Å². The molecule has 33 heavy (non-hydrogen) atoms. The predicted molar refractivity (Wildman–Crippen MR) is 143 cm³/mol. The molecule has 0 radical (unpaired) electrons. The second-order valence-electron chi connectivity index (χ2n) is 7.82. The summed E-state index contributed by atoms with van der Waals surface area (Å²) in [6, 6.07) is 5.98. The minimum Gasteiger partial charge on any atom is -0.493 e. The first-order valence-corrected chi connectivity index (χ1v) is 11.7. The number of carbonyl (C=O) groups excluding carboxylic acids is 1. The number of benzene rings is 1. The zero-order valence-corrected chi connectivity index (χ0v) is 23.1. The maximum Gasteiger partial charge on any atom is 0.308 e. The number of hydrogen-bond acceptors (Lipinski definition) is 6. The van der Waals surface area contributed by atoms with E-state index < -0.39 is 0 Å². The number of nitrogens with one attached hydrogen (secondary N) is 1. The zero-order chi connectivity index (χ0) is 23.3. The van der Waals surface area contributed by atoms with Crippen LogP contribution in [0.15, 0.2) is 23.2 Å². The fourth-order valence-electron chi connectivity index (χ4n) is 3.84. The summed E-state index contributed by atoms with van der Waals surface area (Å²) in [7, 11) is 3.12. The Morgan fingerprint density at radius 3 is 2.42 bits per heavy atom. The molecule has 1 aromatic rings. The lowest BCUT2D eigenvalue weighted by atomic mass is 9.97. The number of halogens is 1. The Kier molecular flexibility index (Phi) is 14.2. The zero-order valence-electron chi connectivity index (χ0n) is 20.8. The molecule has 0 amide bonds. The number of likely N-dealkylation sites (N-methyl/N-ethyl adjacent to an activating group) is 1. The second kappa shape index (κ2) is 16.0. The Labute approximate surface area is 216 Å². The van der Waals surface area contributed by atoms with Gasteiger partial charge in [-0.2, -0.15) is 0 Å². The van der Waals surface area contributed by atoms with Gasteiger partial charge in [0.05, 0.1) is 26.7 Å². The molecule has 1 aliphatic heterocycles. The van der Waals surface area contributed by atoms with Gasteiger partial charge in [-0.05, 0) is 50.6 Å². The van der Waals surface area contributed by atoms with Crippen molar-refractivity contribution in [3.05, 3.63) is 23.8 Å². The molecule has 0 saturated carbocycles. The third kappa shape index (κ3) is 9.19. The fraction of sp³-hybridized carbons (Fsp3) is 0.667. The number of nitrogens with zero attached hydrogens (tertiary/aromatic N) is 3. The van der Waals surface area contributed by atoms with Gasteiger partial charge < -0.3 is 29.3 Å². The molecule has 188 valence electrons. The number of aliphatic imine (C=N–C) groups is 1. The van der Waals surface area contributed by atoms with Crippen molar-refractivity contribution in [3.63, 3.8) is 0 Å². The van der Waals surface area contributed by atoms with Gasteiger partial charge in [0.1, 0.15) is 6.61 Å². The summed E-state index contributed by atoms with van der Waals surface area (Å²) in [5, 5.41) is 3.37.